The van der Waals surface area contributed by atoms with E-state index in [-0.39, 0.29) is 5.54 Å². The first-order valence-corrected chi connectivity index (χ1v) is 8.00. The van der Waals surface area contributed by atoms with Crippen LogP contribution in [-0.2, 0) is 4.74 Å². The summed E-state index contributed by atoms with van der Waals surface area (Å²) in [6.45, 7) is 15.1. The Morgan fingerprint density at radius 3 is 2.21 bits per heavy atom. The summed E-state index contributed by atoms with van der Waals surface area (Å²) in [5, 5.41) is 0. The molecule has 1 saturated heterocycles. The number of morpholine rings is 1. The third kappa shape index (κ3) is 4.73. The molecule has 0 radical (unpaired) electrons. The van der Waals surface area contributed by atoms with E-state index in [2.05, 4.69) is 39.5 Å². The van der Waals surface area contributed by atoms with E-state index in [1.54, 1.807) is 0 Å². The van der Waals surface area contributed by atoms with Crippen molar-refractivity contribution >= 4 is 0 Å². The molecule has 1 atom stereocenters. The minimum absolute atomic E-state index is 0.166. The second kappa shape index (κ2) is 7.61. The fourth-order valence-electron chi connectivity index (χ4n) is 3.55. The van der Waals surface area contributed by atoms with Crippen LogP contribution in [0.15, 0.2) is 0 Å². The monoisotopic (exact) mass is 270 g/mol. The van der Waals surface area contributed by atoms with E-state index in [1.165, 1.54) is 12.8 Å². The highest BCUT2D eigenvalue weighted by Gasteiger charge is 2.38. The van der Waals surface area contributed by atoms with E-state index < -0.39 is 0 Å². The van der Waals surface area contributed by atoms with Gasteiger partial charge in [0.15, 0.2) is 0 Å². The summed E-state index contributed by atoms with van der Waals surface area (Å²) >= 11 is 0. The van der Waals surface area contributed by atoms with Crippen LogP contribution < -0.4 is 5.73 Å². The predicted octanol–water partition coefficient (Wildman–Crippen LogP) is 2.89. The molecule has 1 fully saturated rings. The van der Waals surface area contributed by atoms with E-state index in [1.807, 2.05) is 0 Å². The lowest BCUT2D eigenvalue weighted by molar-refractivity contribution is -0.0790. The fraction of sp³-hybridized carbons (Fsp3) is 1.00. The van der Waals surface area contributed by atoms with Gasteiger partial charge in [-0.2, -0.15) is 0 Å². The quantitative estimate of drug-likeness (QED) is 0.773. The second-order valence-corrected chi connectivity index (χ2v) is 6.97. The Morgan fingerprint density at radius 1 is 1.21 bits per heavy atom. The Bertz CT molecular complexity index is 243. The predicted molar refractivity (Wildman–Crippen MR) is 82.3 cm³/mol. The van der Waals surface area contributed by atoms with Crippen molar-refractivity contribution < 1.29 is 4.74 Å². The van der Waals surface area contributed by atoms with E-state index in [9.17, 15) is 0 Å². The zero-order chi connectivity index (χ0) is 14.5. The molecule has 19 heavy (non-hydrogen) atoms. The Kier molecular flexibility index (Phi) is 6.78. The first kappa shape index (κ1) is 16.9. The maximum Gasteiger partial charge on any atom is 0.0700 e. The van der Waals surface area contributed by atoms with Crippen molar-refractivity contribution in [3.8, 4) is 0 Å². The highest BCUT2D eigenvalue weighted by molar-refractivity contribution is 4.95. The molecule has 1 aliphatic rings. The van der Waals surface area contributed by atoms with Crippen molar-refractivity contribution in [2.75, 3.05) is 26.2 Å². The summed E-state index contributed by atoms with van der Waals surface area (Å²) in [4.78, 5) is 2.63. The van der Waals surface area contributed by atoms with Crippen LogP contribution >= 0.6 is 0 Å². The average molecular weight is 270 g/mol. The van der Waals surface area contributed by atoms with E-state index >= 15 is 0 Å². The van der Waals surface area contributed by atoms with Gasteiger partial charge in [0, 0.05) is 25.2 Å². The van der Waals surface area contributed by atoms with Crippen molar-refractivity contribution in [1.29, 1.82) is 0 Å². The molecule has 3 nitrogen and oxygen atoms in total. The molecule has 0 aromatic carbocycles. The van der Waals surface area contributed by atoms with Crippen LogP contribution in [0, 0.1) is 11.8 Å². The summed E-state index contributed by atoms with van der Waals surface area (Å²) in [7, 11) is 0. The third-order valence-electron chi connectivity index (χ3n) is 4.22. The van der Waals surface area contributed by atoms with Crippen LogP contribution in [0.25, 0.3) is 0 Å². The molecule has 114 valence electrons. The smallest absolute Gasteiger partial charge is 0.0700 e. The van der Waals surface area contributed by atoms with E-state index in [0.29, 0.717) is 17.9 Å². The van der Waals surface area contributed by atoms with Crippen LogP contribution in [0.5, 0.6) is 0 Å². The highest BCUT2D eigenvalue weighted by Crippen LogP contribution is 2.32. The van der Waals surface area contributed by atoms with Crippen LogP contribution in [0.4, 0.5) is 0 Å². The minimum atomic E-state index is 0.166. The Labute approximate surface area is 119 Å². The number of hydrogen-bond acceptors (Lipinski definition) is 3. The third-order valence-corrected chi connectivity index (χ3v) is 4.22. The zero-order valence-corrected chi connectivity index (χ0v) is 13.6. The van der Waals surface area contributed by atoms with Crippen molar-refractivity contribution in [2.24, 2.45) is 17.6 Å². The standard InChI is InChI=1S/C16H34N2O/c1-6-15-11-18(7-8-19-15)16(12-17,9-13(2)3)10-14(4)5/h13-15H,6-12,17H2,1-5H3. The number of ether oxygens (including phenoxy) is 1. The van der Waals surface area contributed by atoms with Gasteiger partial charge in [-0.1, -0.05) is 34.6 Å². The molecule has 0 aliphatic carbocycles. The molecule has 0 amide bonds. The average Bonchev–Trinajstić information content (AvgIpc) is 2.36. The minimum Gasteiger partial charge on any atom is -0.376 e. The van der Waals surface area contributed by atoms with Gasteiger partial charge in [-0.15, -0.1) is 0 Å². The van der Waals surface area contributed by atoms with Crippen LogP contribution in [0.3, 0.4) is 0 Å². The summed E-state index contributed by atoms with van der Waals surface area (Å²) in [6, 6.07) is 0. The lowest BCUT2D eigenvalue weighted by atomic mass is 9.80. The molecule has 1 aliphatic heterocycles. The first-order chi connectivity index (χ1) is 8.93. The lowest BCUT2D eigenvalue weighted by Crippen LogP contribution is -2.60. The topological polar surface area (TPSA) is 38.5 Å². The van der Waals surface area contributed by atoms with Crippen LogP contribution in [-0.4, -0.2) is 42.8 Å². The summed E-state index contributed by atoms with van der Waals surface area (Å²) in [5.41, 5.74) is 6.41. The van der Waals surface area contributed by atoms with Gasteiger partial charge in [0.25, 0.3) is 0 Å². The number of nitrogens with zero attached hydrogens (tertiary/aromatic N) is 1. The molecule has 1 rings (SSSR count). The van der Waals surface area contributed by atoms with Crippen molar-refractivity contribution in [3.05, 3.63) is 0 Å². The molecule has 0 aromatic rings. The van der Waals surface area contributed by atoms with Gasteiger partial charge in [0.1, 0.15) is 0 Å². The Balaban J connectivity index is 2.86. The van der Waals surface area contributed by atoms with Gasteiger partial charge in [0.2, 0.25) is 0 Å². The van der Waals surface area contributed by atoms with Gasteiger partial charge >= 0.3 is 0 Å². The first-order valence-electron chi connectivity index (χ1n) is 8.00. The normalized spacial score (nSPS) is 22.4. The molecule has 0 bridgehead atoms. The molecule has 1 unspecified atom stereocenters. The summed E-state index contributed by atoms with van der Waals surface area (Å²) < 4.78 is 5.82. The van der Waals surface area contributed by atoms with Gasteiger partial charge in [-0.05, 0) is 31.1 Å². The second-order valence-electron chi connectivity index (χ2n) is 6.97. The Hall–Kier alpha value is -0.120. The van der Waals surface area contributed by atoms with Gasteiger partial charge in [-0.3, -0.25) is 4.90 Å². The van der Waals surface area contributed by atoms with Gasteiger partial charge in [-0.25, -0.2) is 0 Å². The number of hydrogen-bond donors (Lipinski definition) is 1. The molecule has 0 aromatic heterocycles. The number of rotatable bonds is 7. The molecule has 1 heterocycles. The Morgan fingerprint density at radius 2 is 1.79 bits per heavy atom. The molecule has 0 saturated carbocycles. The summed E-state index contributed by atoms with van der Waals surface area (Å²) in [6.07, 6.45) is 3.87. The van der Waals surface area contributed by atoms with E-state index in [4.69, 9.17) is 10.5 Å². The highest BCUT2D eigenvalue weighted by atomic mass is 16.5. The largest absolute Gasteiger partial charge is 0.376 e. The van der Waals surface area contributed by atoms with Crippen LogP contribution in [0.1, 0.15) is 53.9 Å². The summed E-state index contributed by atoms with van der Waals surface area (Å²) in [5.74, 6) is 1.37. The molecule has 3 heteroatoms. The van der Waals surface area contributed by atoms with Crippen molar-refractivity contribution in [1.82, 2.24) is 4.90 Å². The zero-order valence-electron chi connectivity index (χ0n) is 13.6. The maximum absolute atomic E-state index is 6.24. The number of nitrogens with two attached hydrogens (primary N) is 1. The molecule has 0 spiro atoms. The SMILES string of the molecule is CCC1CN(C(CN)(CC(C)C)CC(C)C)CCO1. The molecular weight excluding hydrogens is 236 g/mol. The van der Waals surface area contributed by atoms with Crippen molar-refractivity contribution in [2.45, 2.75) is 65.5 Å². The van der Waals surface area contributed by atoms with Crippen LogP contribution in [0.2, 0.25) is 0 Å². The van der Waals surface area contributed by atoms with Gasteiger partial charge in [0.05, 0.1) is 12.7 Å². The van der Waals surface area contributed by atoms with E-state index in [0.717, 1.165) is 32.7 Å². The molecule has 2 N–H and O–H groups in total. The van der Waals surface area contributed by atoms with Crippen molar-refractivity contribution in [3.63, 3.8) is 0 Å². The lowest BCUT2D eigenvalue weighted by Gasteiger charge is -2.49. The maximum atomic E-state index is 6.24. The fourth-order valence-corrected chi connectivity index (χ4v) is 3.55. The van der Waals surface area contributed by atoms with Gasteiger partial charge < -0.3 is 10.5 Å². The molecular formula is C16H34N2O.